The molecule has 0 bridgehead atoms. The van der Waals surface area contributed by atoms with Crippen LogP contribution in [0.5, 0.6) is 0 Å². The minimum absolute atomic E-state index is 0.389. The van der Waals surface area contributed by atoms with E-state index >= 15 is 0 Å². The molecule has 0 saturated carbocycles. The summed E-state index contributed by atoms with van der Waals surface area (Å²) >= 11 is 19.3. The van der Waals surface area contributed by atoms with Crippen LogP contribution in [0.1, 0.15) is 5.56 Å². The summed E-state index contributed by atoms with van der Waals surface area (Å²) in [5.74, 6) is 0.653. The summed E-state index contributed by atoms with van der Waals surface area (Å²) in [4.78, 5) is 8.17. The quantitative estimate of drug-likeness (QED) is 0.605. The van der Waals surface area contributed by atoms with Crippen molar-refractivity contribution >= 4 is 46.6 Å². The maximum atomic E-state index is 6.04. The van der Waals surface area contributed by atoms with Gasteiger partial charge in [0.05, 0.1) is 5.02 Å². The second kappa shape index (κ2) is 5.91. The fraction of sp³-hybridized carbons (Fsp3) is 0.0909. The summed E-state index contributed by atoms with van der Waals surface area (Å²) in [5.41, 5.74) is 0.905. The minimum atomic E-state index is 0.389. The number of hydrogen-bond acceptors (Lipinski definition) is 3. The number of pyridine rings is 2. The second-order valence-corrected chi connectivity index (χ2v) is 5.34. The van der Waals surface area contributed by atoms with Gasteiger partial charge in [-0.1, -0.05) is 34.8 Å². The molecule has 0 unspecified atom stereocenters. The van der Waals surface area contributed by atoms with E-state index in [1.54, 1.807) is 30.6 Å². The van der Waals surface area contributed by atoms with Gasteiger partial charge in [0.2, 0.25) is 0 Å². The molecular formula is C11H7Cl3N2S. The van der Waals surface area contributed by atoms with Crippen molar-refractivity contribution in [2.75, 3.05) is 0 Å². The molecule has 2 rings (SSSR count). The SMILES string of the molecule is Clc1cc(Cl)c(CSc2ncccc2Cl)cn1. The third-order valence-corrected chi connectivity index (χ3v) is 4.02. The highest BCUT2D eigenvalue weighted by Gasteiger charge is 2.06. The van der Waals surface area contributed by atoms with Crippen LogP contribution in [0, 0.1) is 0 Å². The Bertz CT molecular complexity index is 534. The number of nitrogens with zero attached hydrogens (tertiary/aromatic N) is 2. The first-order chi connectivity index (χ1) is 8.16. The zero-order chi connectivity index (χ0) is 12.3. The van der Waals surface area contributed by atoms with Crippen molar-refractivity contribution in [3.63, 3.8) is 0 Å². The first kappa shape index (κ1) is 13.0. The van der Waals surface area contributed by atoms with Crippen LogP contribution in [0.25, 0.3) is 0 Å². The molecule has 6 heteroatoms. The summed E-state index contributed by atoms with van der Waals surface area (Å²) in [6.45, 7) is 0. The highest BCUT2D eigenvalue weighted by atomic mass is 35.5. The van der Waals surface area contributed by atoms with E-state index in [0.717, 1.165) is 10.6 Å². The van der Waals surface area contributed by atoms with E-state index in [1.807, 2.05) is 0 Å². The first-order valence-corrected chi connectivity index (χ1v) is 6.82. The summed E-state index contributed by atoms with van der Waals surface area (Å²) in [6, 6.07) is 5.22. The van der Waals surface area contributed by atoms with Gasteiger partial charge >= 0.3 is 0 Å². The van der Waals surface area contributed by atoms with E-state index in [-0.39, 0.29) is 0 Å². The average molecular weight is 306 g/mol. The normalized spacial score (nSPS) is 10.5. The van der Waals surface area contributed by atoms with Crippen LogP contribution in [-0.2, 0) is 5.75 Å². The Labute approximate surface area is 118 Å². The lowest BCUT2D eigenvalue weighted by Crippen LogP contribution is -1.87. The van der Waals surface area contributed by atoms with Gasteiger partial charge in [-0.2, -0.15) is 0 Å². The molecule has 0 N–H and O–H groups in total. The summed E-state index contributed by atoms with van der Waals surface area (Å²) in [5, 5.41) is 2.40. The first-order valence-electron chi connectivity index (χ1n) is 4.70. The van der Waals surface area contributed by atoms with Crippen LogP contribution < -0.4 is 0 Å². The van der Waals surface area contributed by atoms with Crippen molar-refractivity contribution in [1.82, 2.24) is 9.97 Å². The number of aromatic nitrogens is 2. The van der Waals surface area contributed by atoms with Gasteiger partial charge in [-0.3, -0.25) is 0 Å². The van der Waals surface area contributed by atoms with Crippen LogP contribution in [0.3, 0.4) is 0 Å². The van der Waals surface area contributed by atoms with E-state index in [2.05, 4.69) is 9.97 Å². The van der Waals surface area contributed by atoms with Gasteiger partial charge in [0.25, 0.3) is 0 Å². The monoisotopic (exact) mass is 304 g/mol. The second-order valence-electron chi connectivity index (χ2n) is 3.18. The molecule has 0 fully saturated rings. The van der Waals surface area contributed by atoms with E-state index in [4.69, 9.17) is 34.8 Å². The molecule has 2 aromatic rings. The average Bonchev–Trinajstić information content (AvgIpc) is 2.30. The van der Waals surface area contributed by atoms with Gasteiger partial charge in [-0.25, -0.2) is 9.97 Å². The van der Waals surface area contributed by atoms with Crippen LogP contribution in [0.2, 0.25) is 15.2 Å². The molecule has 0 atom stereocenters. The van der Waals surface area contributed by atoms with E-state index in [9.17, 15) is 0 Å². The maximum absolute atomic E-state index is 6.04. The largest absolute Gasteiger partial charge is 0.248 e. The molecule has 0 aliphatic heterocycles. The van der Waals surface area contributed by atoms with Gasteiger partial charge in [0, 0.05) is 23.2 Å². The molecule has 2 aromatic heterocycles. The standard InChI is InChI=1S/C11H7Cl3N2S/c12-8-2-1-3-15-11(8)17-6-7-5-16-10(14)4-9(7)13/h1-5H,6H2. The molecule has 2 heterocycles. The minimum Gasteiger partial charge on any atom is -0.248 e. The van der Waals surface area contributed by atoms with Crippen molar-refractivity contribution in [1.29, 1.82) is 0 Å². The van der Waals surface area contributed by atoms with Crippen molar-refractivity contribution in [3.8, 4) is 0 Å². The number of halogens is 3. The number of hydrogen-bond donors (Lipinski definition) is 0. The summed E-state index contributed by atoms with van der Waals surface area (Å²) < 4.78 is 0. The Balaban J connectivity index is 2.10. The van der Waals surface area contributed by atoms with Crippen molar-refractivity contribution in [3.05, 3.63) is 51.4 Å². The highest BCUT2D eigenvalue weighted by molar-refractivity contribution is 7.98. The molecule has 0 aliphatic rings. The van der Waals surface area contributed by atoms with E-state index in [1.165, 1.54) is 11.8 Å². The lowest BCUT2D eigenvalue weighted by atomic mass is 10.3. The molecule has 0 saturated heterocycles. The molecule has 2 nitrogen and oxygen atoms in total. The highest BCUT2D eigenvalue weighted by Crippen LogP contribution is 2.30. The lowest BCUT2D eigenvalue weighted by Gasteiger charge is -2.04. The zero-order valence-electron chi connectivity index (χ0n) is 8.53. The lowest BCUT2D eigenvalue weighted by molar-refractivity contribution is 1.13. The van der Waals surface area contributed by atoms with Crippen LogP contribution in [0.15, 0.2) is 35.6 Å². The Morgan fingerprint density at radius 1 is 1.12 bits per heavy atom. The predicted molar refractivity (Wildman–Crippen MR) is 73.1 cm³/mol. The Morgan fingerprint density at radius 2 is 1.94 bits per heavy atom. The number of thioether (sulfide) groups is 1. The smallest absolute Gasteiger partial charge is 0.130 e. The molecule has 0 spiro atoms. The van der Waals surface area contributed by atoms with Gasteiger partial charge in [0.1, 0.15) is 10.2 Å². The van der Waals surface area contributed by atoms with Gasteiger partial charge < -0.3 is 0 Å². The fourth-order valence-electron chi connectivity index (χ4n) is 1.17. The van der Waals surface area contributed by atoms with Crippen LogP contribution in [0.4, 0.5) is 0 Å². The van der Waals surface area contributed by atoms with Crippen molar-refractivity contribution in [2.45, 2.75) is 10.8 Å². The predicted octanol–water partition coefficient (Wildman–Crippen LogP) is 4.73. The summed E-state index contributed by atoms with van der Waals surface area (Å²) in [7, 11) is 0. The van der Waals surface area contributed by atoms with E-state index < -0.39 is 0 Å². The fourth-order valence-corrected chi connectivity index (χ4v) is 2.83. The Morgan fingerprint density at radius 3 is 2.65 bits per heavy atom. The van der Waals surface area contributed by atoms with Gasteiger partial charge in [-0.15, -0.1) is 11.8 Å². The van der Waals surface area contributed by atoms with Gasteiger partial charge in [0.15, 0.2) is 0 Å². The molecule has 88 valence electrons. The third kappa shape index (κ3) is 3.49. The van der Waals surface area contributed by atoms with Crippen LogP contribution in [-0.4, -0.2) is 9.97 Å². The Kier molecular flexibility index (Phi) is 4.51. The number of rotatable bonds is 3. The van der Waals surface area contributed by atoms with Gasteiger partial charge in [-0.05, 0) is 23.8 Å². The van der Waals surface area contributed by atoms with E-state index in [0.29, 0.717) is 21.0 Å². The van der Waals surface area contributed by atoms with Crippen molar-refractivity contribution in [2.24, 2.45) is 0 Å². The molecule has 0 radical (unpaired) electrons. The molecular weight excluding hydrogens is 299 g/mol. The van der Waals surface area contributed by atoms with Crippen molar-refractivity contribution < 1.29 is 0 Å². The third-order valence-electron chi connectivity index (χ3n) is 1.99. The molecule has 0 amide bonds. The molecule has 0 aliphatic carbocycles. The zero-order valence-corrected chi connectivity index (χ0v) is 11.6. The van der Waals surface area contributed by atoms with Crippen LogP contribution >= 0.6 is 46.6 Å². The molecule has 17 heavy (non-hydrogen) atoms. The molecule has 0 aromatic carbocycles. The summed E-state index contributed by atoms with van der Waals surface area (Å²) in [6.07, 6.45) is 3.37. The Hall–Kier alpha value is -0.480. The maximum Gasteiger partial charge on any atom is 0.130 e. The topological polar surface area (TPSA) is 25.8 Å².